The van der Waals surface area contributed by atoms with E-state index in [9.17, 15) is 0 Å². The van der Waals surface area contributed by atoms with Gasteiger partial charge in [-0.15, -0.1) is 0 Å². The van der Waals surface area contributed by atoms with Crippen LogP contribution in [0.5, 0.6) is 0 Å². The van der Waals surface area contributed by atoms with Crippen LogP contribution in [0.4, 0.5) is 5.13 Å². The molecule has 0 N–H and O–H groups in total. The molecule has 0 aromatic carbocycles. The van der Waals surface area contributed by atoms with Crippen LogP contribution in [0.25, 0.3) is 0 Å². The highest BCUT2D eigenvalue weighted by atomic mass is 32.1. The summed E-state index contributed by atoms with van der Waals surface area (Å²) in [5, 5.41) is 1.09. The summed E-state index contributed by atoms with van der Waals surface area (Å²) in [6.45, 7) is 12.8. The fourth-order valence-corrected chi connectivity index (χ4v) is 3.89. The molecule has 0 bridgehead atoms. The molecule has 0 atom stereocenters. The maximum absolute atomic E-state index is 5.46. The topological polar surface area (TPSA) is 41.5 Å². The van der Waals surface area contributed by atoms with Gasteiger partial charge in [0.1, 0.15) is 5.82 Å². The highest BCUT2D eigenvalue weighted by molar-refractivity contribution is 7.09. The third kappa shape index (κ3) is 3.55. The Morgan fingerprint density at radius 1 is 1.10 bits per heavy atom. The molecular weight excluding hydrogens is 284 g/mol. The monoisotopic (exact) mass is 310 g/mol. The summed E-state index contributed by atoms with van der Waals surface area (Å²) >= 11 is 1.55. The zero-order valence-electron chi connectivity index (χ0n) is 13.3. The van der Waals surface area contributed by atoms with Gasteiger partial charge < -0.3 is 9.64 Å². The third-order valence-electron chi connectivity index (χ3n) is 4.38. The van der Waals surface area contributed by atoms with Gasteiger partial charge in [0.05, 0.1) is 0 Å². The number of piperazine rings is 1. The van der Waals surface area contributed by atoms with Gasteiger partial charge in [0.15, 0.2) is 0 Å². The molecule has 0 spiro atoms. The van der Waals surface area contributed by atoms with E-state index < -0.39 is 0 Å². The number of hydrogen-bond donors (Lipinski definition) is 0. The fourth-order valence-electron chi connectivity index (χ4n) is 2.98. The number of hydrogen-bond acceptors (Lipinski definition) is 6. The Labute approximate surface area is 131 Å². The fraction of sp³-hybridized carbons (Fsp3) is 0.867. The van der Waals surface area contributed by atoms with E-state index in [0.29, 0.717) is 0 Å². The first kappa shape index (κ1) is 15.2. The van der Waals surface area contributed by atoms with Crippen LogP contribution in [0.15, 0.2) is 0 Å². The molecule has 1 aromatic rings. The smallest absolute Gasteiger partial charge is 0.205 e. The maximum Gasteiger partial charge on any atom is 0.205 e. The van der Waals surface area contributed by atoms with E-state index in [4.69, 9.17) is 9.72 Å². The quantitative estimate of drug-likeness (QED) is 0.837. The van der Waals surface area contributed by atoms with E-state index in [1.807, 2.05) is 0 Å². The van der Waals surface area contributed by atoms with Crippen molar-refractivity contribution in [2.45, 2.75) is 45.1 Å². The van der Waals surface area contributed by atoms with Crippen molar-refractivity contribution in [3.8, 4) is 0 Å². The van der Waals surface area contributed by atoms with Gasteiger partial charge in [-0.25, -0.2) is 4.98 Å². The number of ether oxygens (including phenoxy) is 1. The Hall–Kier alpha value is -0.720. The maximum atomic E-state index is 5.46. The molecule has 3 heterocycles. The Morgan fingerprint density at radius 3 is 2.33 bits per heavy atom. The van der Waals surface area contributed by atoms with Crippen LogP contribution in [0.2, 0.25) is 0 Å². The van der Waals surface area contributed by atoms with Crippen LogP contribution in [-0.4, -0.2) is 59.7 Å². The SMILES string of the molecule is CC(C)(C)c1nsc(N2CCN(C3CCOCC3)CC2)n1. The van der Waals surface area contributed by atoms with E-state index >= 15 is 0 Å². The molecule has 5 nitrogen and oxygen atoms in total. The van der Waals surface area contributed by atoms with Gasteiger partial charge in [-0.3, -0.25) is 4.90 Å². The van der Waals surface area contributed by atoms with Crippen molar-refractivity contribution < 1.29 is 4.74 Å². The number of anilines is 1. The summed E-state index contributed by atoms with van der Waals surface area (Å²) < 4.78 is 9.99. The number of nitrogens with zero attached hydrogens (tertiary/aromatic N) is 4. The Morgan fingerprint density at radius 2 is 1.76 bits per heavy atom. The molecule has 0 aliphatic carbocycles. The number of aromatic nitrogens is 2. The van der Waals surface area contributed by atoms with Gasteiger partial charge in [0.25, 0.3) is 0 Å². The Bertz CT molecular complexity index is 456. The molecular formula is C15H26N4OS. The molecule has 3 rings (SSSR count). The molecule has 21 heavy (non-hydrogen) atoms. The summed E-state index contributed by atoms with van der Waals surface area (Å²) in [6, 6.07) is 0.723. The normalized spacial score (nSPS) is 22.7. The van der Waals surface area contributed by atoms with Gasteiger partial charge in [-0.05, 0) is 12.8 Å². The molecule has 2 aliphatic heterocycles. The van der Waals surface area contributed by atoms with Crippen LogP contribution in [0, 0.1) is 0 Å². The van der Waals surface area contributed by atoms with E-state index in [2.05, 4.69) is 34.9 Å². The minimum atomic E-state index is 0.0403. The van der Waals surface area contributed by atoms with Crippen LogP contribution in [0.3, 0.4) is 0 Å². The molecule has 2 saturated heterocycles. The summed E-state index contributed by atoms with van der Waals surface area (Å²) in [6.07, 6.45) is 2.37. The summed E-state index contributed by atoms with van der Waals surface area (Å²) in [5.41, 5.74) is 0.0403. The molecule has 0 amide bonds. The lowest BCUT2D eigenvalue weighted by atomic mass is 9.96. The molecule has 0 unspecified atom stereocenters. The lowest BCUT2D eigenvalue weighted by molar-refractivity contribution is 0.0321. The molecule has 2 fully saturated rings. The van der Waals surface area contributed by atoms with Crippen molar-refractivity contribution in [2.75, 3.05) is 44.3 Å². The molecule has 118 valence electrons. The van der Waals surface area contributed by atoms with Crippen molar-refractivity contribution in [2.24, 2.45) is 0 Å². The number of rotatable bonds is 2. The van der Waals surface area contributed by atoms with E-state index in [0.717, 1.165) is 56.4 Å². The first-order chi connectivity index (χ1) is 10.0. The minimum absolute atomic E-state index is 0.0403. The molecule has 0 saturated carbocycles. The van der Waals surface area contributed by atoms with Crippen molar-refractivity contribution >= 4 is 16.7 Å². The van der Waals surface area contributed by atoms with Crippen molar-refractivity contribution in [3.05, 3.63) is 5.82 Å². The lowest BCUT2D eigenvalue weighted by Gasteiger charge is -2.40. The predicted octanol–water partition coefficient (Wildman–Crippen LogP) is 2.14. The standard InChI is InChI=1S/C15H26N4OS/c1-15(2,3)13-16-14(21-17-13)19-8-6-18(7-9-19)12-4-10-20-11-5-12/h12H,4-11H2,1-3H3. The molecule has 1 aromatic heterocycles. The second-order valence-electron chi connectivity index (χ2n) is 7.02. The van der Waals surface area contributed by atoms with Crippen molar-refractivity contribution in [1.82, 2.24) is 14.3 Å². The van der Waals surface area contributed by atoms with E-state index in [1.54, 1.807) is 11.5 Å². The summed E-state index contributed by atoms with van der Waals surface area (Å²) in [7, 11) is 0. The van der Waals surface area contributed by atoms with Gasteiger partial charge in [-0.1, -0.05) is 20.8 Å². The first-order valence-corrected chi connectivity index (χ1v) is 8.72. The average molecular weight is 310 g/mol. The minimum Gasteiger partial charge on any atom is -0.381 e. The van der Waals surface area contributed by atoms with Gasteiger partial charge >= 0.3 is 0 Å². The van der Waals surface area contributed by atoms with Gasteiger partial charge in [0, 0.05) is 62.4 Å². The first-order valence-electron chi connectivity index (χ1n) is 7.95. The largest absolute Gasteiger partial charge is 0.381 e. The Kier molecular flexibility index (Phi) is 4.47. The van der Waals surface area contributed by atoms with E-state index in [-0.39, 0.29) is 5.41 Å². The predicted molar refractivity (Wildman–Crippen MR) is 86.2 cm³/mol. The highest BCUT2D eigenvalue weighted by Crippen LogP contribution is 2.26. The lowest BCUT2D eigenvalue weighted by Crippen LogP contribution is -2.51. The van der Waals surface area contributed by atoms with Crippen LogP contribution in [-0.2, 0) is 10.2 Å². The second kappa shape index (κ2) is 6.18. The summed E-state index contributed by atoms with van der Waals surface area (Å²) in [4.78, 5) is 9.76. The molecule has 0 radical (unpaired) electrons. The van der Waals surface area contributed by atoms with Gasteiger partial charge in [-0.2, -0.15) is 4.37 Å². The average Bonchev–Trinajstić information content (AvgIpc) is 2.98. The molecule has 6 heteroatoms. The van der Waals surface area contributed by atoms with Crippen LogP contribution >= 0.6 is 11.5 Å². The third-order valence-corrected chi connectivity index (χ3v) is 5.16. The molecule has 2 aliphatic rings. The van der Waals surface area contributed by atoms with Crippen LogP contribution < -0.4 is 4.90 Å². The zero-order chi connectivity index (χ0) is 14.9. The zero-order valence-corrected chi connectivity index (χ0v) is 14.2. The summed E-state index contributed by atoms with van der Waals surface area (Å²) in [5.74, 6) is 0.967. The van der Waals surface area contributed by atoms with Gasteiger partial charge in [0.2, 0.25) is 5.13 Å². The van der Waals surface area contributed by atoms with E-state index in [1.165, 1.54) is 12.8 Å². The van der Waals surface area contributed by atoms with Crippen molar-refractivity contribution in [1.29, 1.82) is 0 Å². The highest BCUT2D eigenvalue weighted by Gasteiger charge is 2.27. The van der Waals surface area contributed by atoms with Crippen molar-refractivity contribution in [3.63, 3.8) is 0 Å². The van der Waals surface area contributed by atoms with Crippen LogP contribution in [0.1, 0.15) is 39.4 Å². The second-order valence-corrected chi connectivity index (χ2v) is 7.75. The Balaban J connectivity index is 1.56.